The smallest absolute Gasteiger partial charge is 0.266 e. The van der Waals surface area contributed by atoms with Crippen molar-refractivity contribution in [2.75, 3.05) is 23.3 Å². The highest BCUT2D eigenvalue weighted by Gasteiger charge is 2.18. The first-order chi connectivity index (χ1) is 12.5. The van der Waals surface area contributed by atoms with Crippen LogP contribution in [0.5, 0.6) is 5.75 Å². The molecule has 6 heteroatoms. The van der Waals surface area contributed by atoms with Crippen molar-refractivity contribution in [1.82, 2.24) is 9.97 Å². The van der Waals surface area contributed by atoms with E-state index < -0.39 is 6.10 Å². The van der Waals surface area contributed by atoms with Gasteiger partial charge < -0.3 is 15.0 Å². The summed E-state index contributed by atoms with van der Waals surface area (Å²) in [6.45, 7) is 7.75. The fourth-order valence-corrected chi connectivity index (χ4v) is 3.04. The molecule has 3 rings (SSSR count). The van der Waals surface area contributed by atoms with Crippen LogP contribution in [0.2, 0.25) is 0 Å². The second-order valence-electron chi connectivity index (χ2n) is 6.76. The van der Waals surface area contributed by atoms with Crippen molar-refractivity contribution in [1.29, 1.82) is 0 Å². The Balaban J connectivity index is 1.64. The standard InChI is InChI=1S/C20H26N4O2/c1-14-8-7-9-17(15(14)2)26-16(3)20(25)23-18-12-19(22-13-21-18)24-10-5-4-6-11-24/h7-9,12-13,16H,4-6,10-11H2,1-3H3,(H,21,22,23,25). The minimum absolute atomic E-state index is 0.228. The van der Waals surface area contributed by atoms with Gasteiger partial charge in [-0.15, -0.1) is 0 Å². The molecule has 6 nitrogen and oxygen atoms in total. The Morgan fingerprint density at radius 1 is 1.19 bits per heavy atom. The lowest BCUT2D eigenvalue weighted by Crippen LogP contribution is -2.32. The maximum Gasteiger partial charge on any atom is 0.266 e. The predicted molar refractivity (Wildman–Crippen MR) is 103 cm³/mol. The van der Waals surface area contributed by atoms with Gasteiger partial charge in [0.15, 0.2) is 6.10 Å². The van der Waals surface area contributed by atoms with Crippen LogP contribution in [0.25, 0.3) is 0 Å². The van der Waals surface area contributed by atoms with Gasteiger partial charge >= 0.3 is 0 Å². The zero-order valence-corrected chi connectivity index (χ0v) is 15.7. The average molecular weight is 354 g/mol. The Kier molecular flexibility index (Phi) is 5.71. The number of aromatic nitrogens is 2. The van der Waals surface area contributed by atoms with Crippen molar-refractivity contribution >= 4 is 17.5 Å². The van der Waals surface area contributed by atoms with E-state index in [0.29, 0.717) is 5.82 Å². The maximum absolute atomic E-state index is 12.5. The summed E-state index contributed by atoms with van der Waals surface area (Å²) < 4.78 is 5.84. The van der Waals surface area contributed by atoms with E-state index in [-0.39, 0.29) is 5.91 Å². The SMILES string of the molecule is Cc1cccc(OC(C)C(=O)Nc2cc(N3CCCCC3)ncn2)c1C. The third-order valence-electron chi connectivity index (χ3n) is 4.81. The summed E-state index contributed by atoms with van der Waals surface area (Å²) in [4.78, 5) is 23.2. The van der Waals surface area contributed by atoms with Crippen LogP contribution in [0.3, 0.4) is 0 Å². The van der Waals surface area contributed by atoms with Crippen LogP contribution < -0.4 is 15.0 Å². The molecular weight excluding hydrogens is 328 g/mol. The molecule has 0 bridgehead atoms. The summed E-state index contributed by atoms with van der Waals surface area (Å²) in [7, 11) is 0. The van der Waals surface area contributed by atoms with E-state index in [0.717, 1.165) is 35.8 Å². The van der Waals surface area contributed by atoms with Crippen molar-refractivity contribution in [3.05, 3.63) is 41.7 Å². The highest BCUT2D eigenvalue weighted by Crippen LogP contribution is 2.22. The fraction of sp³-hybridized carbons (Fsp3) is 0.450. The number of nitrogens with zero attached hydrogens (tertiary/aromatic N) is 3. The lowest BCUT2D eigenvalue weighted by molar-refractivity contribution is -0.122. The van der Waals surface area contributed by atoms with Crippen LogP contribution in [0.1, 0.15) is 37.3 Å². The number of carbonyl (C=O) groups is 1. The molecule has 2 aromatic rings. The van der Waals surface area contributed by atoms with Crippen molar-refractivity contribution in [3.63, 3.8) is 0 Å². The number of hydrogen-bond acceptors (Lipinski definition) is 5. The van der Waals surface area contributed by atoms with Crippen LogP contribution in [-0.4, -0.2) is 35.1 Å². The lowest BCUT2D eigenvalue weighted by atomic mass is 10.1. The van der Waals surface area contributed by atoms with E-state index in [1.807, 2.05) is 38.1 Å². The van der Waals surface area contributed by atoms with Crippen LogP contribution in [0, 0.1) is 13.8 Å². The Morgan fingerprint density at radius 2 is 1.96 bits per heavy atom. The molecule has 0 aliphatic carbocycles. The number of nitrogens with one attached hydrogen (secondary N) is 1. The summed E-state index contributed by atoms with van der Waals surface area (Å²) >= 11 is 0. The van der Waals surface area contributed by atoms with Gasteiger partial charge in [-0.05, 0) is 57.2 Å². The molecule has 1 atom stereocenters. The molecule has 1 unspecified atom stereocenters. The van der Waals surface area contributed by atoms with Gasteiger partial charge in [0.1, 0.15) is 23.7 Å². The van der Waals surface area contributed by atoms with Crippen molar-refractivity contribution in [2.24, 2.45) is 0 Å². The first-order valence-corrected chi connectivity index (χ1v) is 9.15. The average Bonchev–Trinajstić information content (AvgIpc) is 2.66. The molecule has 1 N–H and O–H groups in total. The fourth-order valence-electron chi connectivity index (χ4n) is 3.04. The van der Waals surface area contributed by atoms with Crippen LogP contribution in [-0.2, 0) is 4.79 Å². The molecule has 1 fully saturated rings. The minimum Gasteiger partial charge on any atom is -0.481 e. The monoisotopic (exact) mass is 354 g/mol. The summed E-state index contributed by atoms with van der Waals surface area (Å²) in [5.41, 5.74) is 2.18. The number of piperidine rings is 1. The molecule has 1 aromatic carbocycles. The normalized spacial score (nSPS) is 15.4. The van der Waals surface area contributed by atoms with Gasteiger partial charge in [-0.25, -0.2) is 9.97 Å². The minimum atomic E-state index is -0.621. The summed E-state index contributed by atoms with van der Waals surface area (Å²) in [5.74, 6) is 1.86. The van der Waals surface area contributed by atoms with Gasteiger partial charge in [0.2, 0.25) is 0 Å². The molecule has 0 saturated carbocycles. The van der Waals surface area contributed by atoms with Crippen molar-refractivity contribution in [2.45, 2.75) is 46.1 Å². The third-order valence-corrected chi connectivity index (χ3v) is 4.81. The van der Waals surface area contributed by atoms with Crippen molar-refractivity contribution < 1.29 is 9.53 Å². The second kappa shape index (κ2) is 8.17. The Morgan fingerprint density at radius 3 is 2.73 bits per heavy atom. The number of rotatable bonds is 5. The number of hydrogen-bond donors (Lipinski definition) is 1. The second-order valence-corrected chi connectivity index (χ2v) is 6.76. The van der Waals surface area contributed by atoms with Gasteiger partial charge in [-0.1, -0.05) is 12.1 Å². The molecule has 1 saturated heterocycles. The van der Waals surface area contributed by atoms with E-state index >= 15 is 0 Å². The zero-order chi connectivity index (χ0) is 18.5. The van der Waals surface area contributed by atoms with Crippen LogP contribution >= 0.6 is 0 Å². The largest absolute Gasteiger partial charge is 0.481 e. The van der Waals surface area contributed by atoms with E-state index in [1.165, 1.54) is 25.6 Å². The van der Waals surface area contributed by atoms with Crippen LogP contribution in [0.4, 0.5) is 11.6 Å². The molecule has 1 amide bonds. The molecule has 1 aliphatic heterocycles. The maximum atomic E-state index is 12.5. The first kappa shape index (κ1) is 18.2. The summed E-state index contributed by atoms with van der Waals surface area (Å²) in [5, 5.41) is 2.83. The van der Waals surface area contributed by atoms with E-state index in [2.05, 4.69) is 20.2 Å². The molecule has 1 aliphatic rings. The molecular formula is C20H26N4O2. The van der Waals surface area contributed by atoms with Gasteiger partial charge in [-0.3, -0.25) is 4.79 Å². The number of carbonyl (C=O) groups excluding carboxylic acids is 1. The number of aryl methyl sites for hydroxylation is 1. The molecule has 2 heterocycles. The van der Waals surface area contributed by atoms with E-state index in [4.69, 9.17) is 4.74 Å². The quantitative estimate of drug-likeness (QED) is 0.890. The van der Waals surface area contributed by atoms with Gasteiger partial charge in [0, 0.05) is 19.2 Å². The third kappa shape index (κ3) is 4.31. The summed E-state index contributed by atoms with van der Waals surface area (Å²) in [6.07, 6.45) is 4.48. The number of benzene rings is 1. The zero-order valence-electron chi connectivity index (χ0n) is 15.7. The topological polar surface area (TPSA) is 67.3 Å². The lowest BCUT2D eigenvalue weighted by Gasteiger charge is -2.27. The Hall–Kier alpha value is -2.63. The highest BCUT2D eigenvalue weighted by molar-refractivity contribution is 5.93. The molecule has 26 heavy (non-hydrogen) atoms. The van der Waals surface area contributed by atoms with E-state index in [9.17, 15) is 4.79 Å². The molecule has 0 spiro atoms. The summed E-state index contributed by atoms with van der Waals surface area (Å²) in [6, 6.07) is 7.66. The van der Waals surface area contributed by atoms with Crippen molar-refractivity contribution in [3.8, 4) is 5.75 Å². The van der Waals surface area contributed by atoms with Crippen LogP contribution in [0.15, 0.2) is 30.6 Å². The van der Waals surface area contributed by atoms with Gasteiger partial charge in [0.25, 0.3) is 5.91 Å². The van der Waals surface area contributed by atoms with Gasteiger partial charge in [0.05, 0.1) is 0 Å². The van der Waals surface area contributed by atoms with E-state index in [1.54, 1.807) is 6.92 Å². The predicted octanol–water partition coefficient (Wildman–Crippen LogP) is 3.49. The highest BCUT2D eigenvalue weighted by atomic mass is 16.5. The Labute approximate surface area is 154 Å². The molecule has 138 valence electrons. The Bertz CT molecular complexity index is 772. The number of amides is 1. The number of anilines is 2. The van der Waals surface area contributed by atoms with Gasteiger partial charge in [-0.2, -0.15) is 0 Å². The first-order valence-electron chi connectivity index (χ1n) is 9.15. The number of ether oxygens (including phenoxy) is 1. The molecule has 0 radical (unpaired) electrons. The molecule has 1 aromatic heterocycles.